The summed E-state index contributed by atoms with van der Waals surface area (Å²) in [6.07, 6.45) is 2.96. The summed E-state index contributed by atoms with van der Waals surface area (Å²) in [7, 11) is -1.50. The number of aromatic nitrogens is 2. The third kappa shape index (κ3) is 4.14. The van der Waals surface area contributed by atoms with Gasteiger partial charge in [0.1, 0.15) is 5.82 Å². The average molecular weight is 404 g/mol. The van der Waals surface area contributed by atoms with E-state index in [1.165, 1.54) is 18.5 Å². The molecule has 1 atom stereocenters. The number of benzene rings is 3. The van der Waals surface area contributed by atoms with Crippen LogP contribution in [0.25, 0.3) is 22.3 Å². The monoisotopic (exact) mass is 404 g/mol. The molecule has 0 aliphatic rings. The Morgan fingerprint density at radius 3 is 2.24 bits per heavy atom. The lowest BCUT2D eigenvalue weighted by molar-refractivity contribution is 0.631. The van der Waals surface area contributed by atoms with Crippen molar-refractivity contribution in [2.75, 3.05) is 10.5 Å². The van der Waals surface area contributed by atoms with E-state index in [1.807, 2.05) is 42.5 Å². The number of rotatable bonds is 5. The van der Waals surface area contributed by atoms with E-state index in [1.54, 1.807) is 24.3 Å². The number of anilines is 2. The summed E-state index contributed by atoms with van der Waals surface area (Å²) >= 11 is 0. The Morgan fingerprint density at radius 1 is 0.828 bits per heavy atom. The average Bonchev–Trinajstić information content (AvgIpc) is 2.75. The van der Waals surface area contributed by atoms with Crippen LogP contribution in [0.4, 0.5) is 16.0 Å². The van der Waals surface area contributed by atoms with Crippen LogP contribution in [0.5, 0.6) is 0 Å². The highest BCUT2D eigenvalue weighted by atomic mass is 32.2. The zero-order valence-electron chi connectivity index (χ0n) is 15.2. The summed E-state index contributed by atoms with van der Waals surface area (Å²) in [5.74, 6) is -0.291. The number of nitrogens with two attached hydrogens (primary N) is 1. The van der Waals surface area contributed by atoms with E-state index in [0.717, 1.165) is 5.69 Å². The van der Waals surface area contributed by atoms with Gasteiger partial charge in [-0.25, -0.2) is 18.6 Å². The van der Waals surface area contributed by atoms with Crippen molar-refractivity contribution in [3.05, 3.63) is 91.0 Å². The van der Waals surface area contributed by atoms with Gasteiger partial charge in [-0.15, -0.1) is 0 Å². The van der Waals surface area contributed by atoms with Gasteiger partial charge in [0.2, 0.25) is 5.95 Å². The second-order valence-corrected chi connectivity index (χ2v) is 7.44. The number of hydrogen-bond acceptors (Lipinski definition) is 4. The SMILES string of the molecule is Nc1ncc(-c2ccc(-c3ccccc3S(=O)Nc3ccccc3)cc2F)cn1. The Kier molecular flexibility index (Phi) is 5.31. The maximum Gasteiger partial charge on any atom is 0.219 e. The van der Waals surface area contributed by atoms with Crippen molar-refractivity contribution in [2.45, 2.75) is 4.90 Å². The normalized spacial score (nSPS) is 11.8. The molecule has 7 heteroatoms. The molecular formula is C22H17FN4OS. The van der Waals surface area contributed by atoms with Gasteiger partial charge in [-0.05, 0) is 35.4 Å². The molecular weight excluding hydrogens is 387 g/mol. The highest BCUT2D eigenvalue weighted by molar-refractivity contribution is 7.86. The van der Waals surface area contributed by atoms with Crippen LogP contribution in [0.1, 0.15) is 0 Å². The Morgan fingerprint density at radius 2 is 1.52 bits per heavy atom. The summed E-state index contributed by atoms with van der Waals surface area (Å²) in [5, 5.41) is 0. The number of hydrogen-bond donors (Lipinski definition) is 2. The Hall–Kier alpha value is -3.58. The van der Waals surface area contributed by atoms with Crippen LogP contribution in [0.3, 0.4) is 0 Å². The van der Waals surface area contributed by atoms with E-state index in [2.05, 4.69) is 14.7 Å². The van der Waals surface area contributed by atoms with Crippen molar-refractivity contribution < 1.29 is 8.60 Å². The fourth-order valence-electron chi connectivity index (χ4n) is 2.93. The molecule has 0 spiro atoms. The van der Waals surface area contributed by atoms with E-state index in [9.17, 15) is 8.60 Å². The van der Waals surface area contributed by atoms with E-state index in [0.29, 0.717) is 27.1 Å². The standard InChI is InChI=1S/C22H17FN4OS/c23-20-12-15(10-11-18(20)16-13-25-22(24)26-14-16)19-8-4-5-9-21(19)29(28)27-17-6-2-1-3-7-17/h1-14,27H,(H2,24,25,26). The van der Waals surface area contributed by atoms with Crippen molar-refractivity contribution in [2.24, 2.45) is 0 Å². The molecule has 0 aliphatic carbocycles. The third-order valence-electron chi connectivity index (χ3n) is 4.33. The molecule has 0 saturated carbocycles. The van der Waals surface area contributed by atoms with Gasteiger partial charge < -0.3 is 10.5 Å². The molecule has 0 bridgehead atoms. The van der Waals surface area contributed by atoms with E-state index >= 15 is 0 Å². The number of halogens is 1. The first kappa shape index (κ1) is 18.8. The summed E-state index contributed by atoms with van der Waals surface area (Å²) in [6, 6.07) is 21.4. The predicted octanol–water partition coefficient (Wildman–Crippen LogP) is 4.67. The van der Waals surface area contributed by atoms with Gasteiger partial charge >= 0.3 is 0 Å². The molecule has 1 aromatic heterocycles. The zero-order valence-corrected chi connectivity index (χ0v) is 16.1. The fraction of sp³-hybridized carbons (Fsp3) is 0. The van der Waals surface area contributed by atoms with Gasteiger partial charge in [0.05, 0.1) is 4.90 Å². The van der Waals surface area contributed by atoms with E-state index < -0.39 is 16.8 Å². The number of para-hydroxylation sites is 1. The van der Waals surface area contributed by atoms with Crippen LogP contribution in [0.2, 0.25) is 0 Å². The summed E-state index contributed by atoms with van der Waals surface area (Å²) < 4.78 is 30.7. The van der Waals surface area contributed by atoms with Crippen LogP contribution in [0, 0.1) is 5.82 Å². The van der Waals surface area contributed by atoms with Crippen molar-refractivity contribution in [3.8, 4) is 22.3 Å². The lowest BCUT2D eigenvalue weighted by Gasteiger charge is -2.12. The topological polar surface area (TPSA) is 80.9 Å². The Balaban J connectivity index is 1.68. The van der Waals surface area contributed by atoms with Crippen molar-refractivity contribution in [1.82, 2.24) is 9.97 Å². The van der Waals surface area contributed by atoms with Gasteiger partial charge in [0, 0.05) is 29.2 Å². The van der Waals surface area contributed by atoms with Crippen LogP contribution < -0.4 is 10.5 Å². The molecule has 1 unspecified atom stereocenters. The highest BCUT2D eigenvalue weighted by Crippen LogP contribution is 2.31. The molecule has 3 aromatic carbocycles. The first-order chi connectivity index (χ1) is 14.1. The van der Waals surface area contributed by atoms with Crippen molar-refractivity contribution in [1.29, 1.82) is 0 Å². The highest BCUT2D eigenvalue weighted by Gasteiger charge is 2.14. The number of nitrogens with one attached hydrogen (secondary N) is 1. The maximum absolute atomic E-state index is 14.8. The lowest BCUT2D eigenvalue weighted by atomic mass is 10.0. The predicted molar refractivity (Wildman–Crippen MR) is 114 cm³/mol. The second kappa shape index (κ2) is 8.20. The van der Waals surface area contributed by atoms with Gasteiger partial charge in [-0.2, -0.15) is 0 Å². The first-order valence-corrected chi connectivity index (χ1v) is 9.97. The Bertz CT molecular complexity index is 1170. The van der Waals surface area contributed by atoms with Gasteiger partial charge in [-0.1, -0.05) is 48.5 Å². The molecule has 3 N–H and O–H groups in total. The zero-order chi connectivity index (χ0) is 20.2. The van der Waals surface area contributed by atoms with E-state index in [4.69, 9.17) is 5.73 Å². The van der Waals surface area contributed by atoms with Crippen LogP contribution in [-0.4, -0.2) is 14.2 Å². The minimum atomic E-state index is -1.50. The maximum atomic E-state index is 14.8. The molecule has 4 rings (SSSR count). The van der Waals surface area contributed by atoms with Gasteiger partial charge in [0.25, 0.3) is 0 Å². The van der Waals surface area contributed by atoms with Gasteiger partial charge in [-0.3, -0.25) is 0 Å². The second-order valence-electron chi connectivity index (χ2n) is 6.26. The van der Waals surface area contributed by atoms with Gasteiger partial charge in [0.15, 0.2) is 11.0 Å². The molecule has 1 heterocycles. The molecule has 144 valence electrons. The largest absolute Gasteiger partial charge is 0.368 e. The lowest BCUT2D eigenvalue weighted by Crippen LogP contribution is -2.06. The summed E-state index contributed by atoms with van der Waals surface area (Å²) in [5.41, 5.74) is 8.45. The van der Waals surface area contributed by atoms with Crippen LogP contribution in [0.15, 0.2) is 90.1 Å². The smallest absolute Gasteiger partial charge is 0.219 e. The van der Waals surface area contributed by atoms with Crippen molar-refractivity contribution >= 4 is 22.6 Å². The number of nitrogen functional groups attached to an aromatic ring is 1. The van der Waals surface area contributed by atoms with Crippen LogP contribution >= 0.6 is 0 Å². The molecule has 0 saturated heterocycles. The molecule has 4 aromatic rings. The third-order valence-corrected chi connectivity index (χ3v) is 5.51. The minimum absolute atomic E-state index is 0.133. The molecule has 0 aliphatic heterocycles. The molecule has 0 radical (unpaired) electrons. The molecule has 0 fully saturated rings. The number of nitrogens with zero attached hydrogens (tertiary/aromatic N) is 2. The van der Waals surface area contributed by atoms with Crippen molar-refractivity contribution in [3.63, 3.8) is 0 Å². The summed E-state index contributed by atoms with van der Waals surface area (Å²) in [4.78, 5) is 8.38. The van der Waals surface area contributed by atoms with Crippen LogP contribution in [-0.2, 0) is 11.0 Å². The minimum Gasteiger partial charge on any atom is -0.368 e. The fourth-order valence-corrected chi connectivity index (χ4v) is 3.98. The Labute approximate surface area is 170 Å². The molecule has 5 nitrogen and oxygen atoms in total. The summed E-state index contributed by atoms with van der Waals surface area (Å²) in [6.45, 7) is 0. The quantitative estimate of drug-likeness (QED) is 0.507. The van der Waals surface area contributed by atoms with E-state index in [-0.39, 0.29) is 5.95 Å². The molecule has 0 amide bonds. The first-order valence-electron chi connectivity index (χ1n) is 8.82. The molecule has 29 heavy (non-hydrogen) atoms.